The second kappa shape index (κ2) is 4.93. The molecule has 0 saturated heterocycles. The van der Waals surface area contributed by atoms with Gasteiger partial charge in [0.15, 0.2) is 0 Å². The molecule has 1 aromatic heterocycles. The molecule has 0 radical (unpaired) electrons. The van der Waals surface area contributed by atoms with Crippen molar-refractivity contribution in [1.29, 1.82) is 0 Å². The zero-order valence-electron chi connectivity index (χ0n) is 10.5. The van der Waals surface area contributed by atoms with E-state index in [0.717, 1.165) is 11.7 Å². The average molecular weight is 260 g/mol. The largest absolute Gasteiger partial charge is 0.465 e. The number of ether oxygens (including phenoxy) is 1. The van der Waals surface area contributed by atoms with Crippen molar-refractivity contribution in [2.75, 3.05) is 7.11 Å². The minimum Gasteiger partial charge on any atom is -0.465 e. The minimum absolute atomic E-state index is 0.430. The lowest BCUT2D eigenvalue weighted by atomic mass is 10.1. The number of fused-ring (bicyclic) bond motifs is 1. The number of nitrogens with zero attached hydrogens (tertiary/aromatic N) is 2. The van der Waals surface area contributed by atoms with E-state index in [9.17, 15) is 14.9 Å². The molecule has 0 fully saturated rings. The van der Waals surface area contributed by atoms with Crippen LogP contribution in [0, 0.1) is 10.1 Å². The first-order chi connectivity index (χ1) is 9.04. The van der Waals surface area contributed by atoms with Gasteiger partial charge in [-0.25, -0.2) is 4.79 Å². The first kappa shape index (κ1) is 12.8. The summed E-state index contributed by atoms with van der Waals surface area (Å²) >= 11 is 0. The van der Waals surface area contributed by atoms with Crippen molar-refractivity contribution in [3.8, 4) is 0 Å². The summed E-state index contributed by atoms with van der Waals surface area (Å²) in [5.74, 6) is -0.430. The molecule has 2 rings (SSSR count). The third-order valence-electron chi connectivity index (χ3n) is 2.90. The van der Waals surface area contributed by atoms with Gasteiger partial charge >= 0.3 is 5.97 Å². The molecule has 0 saturated carbocycles. The van der Waals surface area contributed by atoms with Gasteiger partial charge in [-0.1, -0.05) is 6.07 Å². The van der Waals surface area contributed by atoms with Gasteiger partial charge in [-0.15, -0.1) is 0 Å². The molecule has 0 N–H and O–H groups in total. The summed E-state index contributed by atoms with van der Waals surface area (Å²) in [6.45, 7) is 0. The Morgan fingerprint density at radius 1 is 1.47 bits per heavy atom. The Labute approximate surface area is 109 Å². The molecule has 0 spiro atoms. The van der Waals surface area contributed by atoms with E-state index in [-0.39, 0.29) is 0 Å². The second-order valence-electron chi connectivity index (χ2n) is 3.96. The monoisotopic (exact) mass is 260 g/mol. The molecule has 0 atom stereocenters. The quantitative estimate of drug-likeness (QED) is 0.481. The summed E-state index contributed by atoms with van der Waals surface area (Å²) in [7, 11) is 3.10. The SMILES string of the molecule is COC(=O)c1cccc2c1cc(/C=C/[N+](=O)[O-])n2C. The Morgan fingerprint density at radius 2 is 2.21 bits per heavy atom. The lowest BCUT2D eigenvalue weighted by Gasteiger charge is -2.02. The fraction of sp³-hybridized carbons (Fsp3) is 0.154. The Balaban J connectivity index is 2.62. The van der Waals surface area contributed by atoms with Crippen molar-refractivity contribution >= 4 is 22.9 Å². The van der Waals surface area contributed by atoms with Crippen LogP contribution in [0.2, 0.25) is 0 Å². The molecular weight excluding hydrogens is 248 g/mol. The van der Waals surface area contributed by atoms with Crippen LogP contribution in [0.25, 0.3) is 17.0 Å². The summed E-state index contributed by atoms with van der Waals surface area (Å²) < 4.78 is 6.50. The summed E-state index contributed by atoms with van der Waals surface area (Å²) in [6, 6.07) is 6.97. The van der Waals surface area contributed by atoms with Crippen LogP contribution in [0.3, 0.4) is 0 Å². The van der Waals surface area contributed by atoms with Gasteiger partial charge in [-0.3, -0.25) is 10.1 Å². The molecule has 2 aromatic rings. The molecule has 0 unspecified atom stereocenters. The zero-order chi connectivity index (χ0) is 14.0. The highest BCUT2D eigenvalue weighted by atomic mass is 16.6. The molecule has 0 bridgehead atoms. The first-order valence-electron chi connectivity index (χ1n) is 5.53. The Bertz CT molecular complexity index is 685. The number of methoxy groups -OCH3 is 1. The van der Waals surface area contributed by atoms with E-state index in [1.807, 2.05) is 6.07 Å². The topological polar surface area (TPSA) is 74.4 Å². The fourth-order valence-electron chi connectivity index (χ4n) is 1.97. The third kappa shape index (κ3) is 2.33. The van der Waals surface area contributed by atoms with Gasteiger partial charge in [0.25, 0.3) is 0 Å². The van der Waals surface area contributed by atoms with Gasteiger partial charge in [0.2, 0.25) is 6.20 Å². The maximum absolute atomic E-state index is 11.7. The van der Waals surface area contributed by atoms with Crippen molar-refractivity contribution in [1.82, 2.24) is 4.57 Å². The maximum Gasteiger partial charge on any atom is 0.338 e. The van der Waals surface area contributed by atoms with Crippen LogP contribution in [0.1, 0.15) is 16.1 Å². The van der Waals surface area contributed by atoms with Crippen molar-refractivity contribution in [2.24, 2.45) is 7.05 Å². The van der Waals surface area contributed by atoms with Crippen molar-refractivity contribution in [2.45, 2.75) is 0 Å². The molecule has 0 aliphatic heterocycles. The molecule has 19 heavy (non-hydrogen) atoms. The van der Waals surface area contributed by atoms with Crippen LogP contribution >= 0.6 is 0 Å². The summed E-state index contributed by atoms with van der Waals surface area (Å²) in [4.78, 5) is 21.5. The van der Waals surface area contributed by atoms with E-state index >= 15 is 0 Å². The van der Waals surface area contributed by atoms with Crippen molar-refractivity contribution in [3.63, 3.8) is 0 Å². The smallest absolute Gasteiger partial charge is 0.338 e. The van der Waals surface area contributed by atoms with Gasteiger partial charge in [0, 0.05) is 29.7 Å². The molecule has 0 aliphatic carbocycles. The molecular formula is C13H12N2O4. The number of hydrogen-bond acceptors (Lipinski definition) is 4. The van der Waals surface area contributed by atoms with Gasteiger partial charge in [0.1, 0.15) is 0 Å². The predicted octanol–water partition coefficient (Wildman–Crippen LogP) is 2.21. The Kier molecular flexibility index (Phi) is 3.33. The normalized spacial score (nSPS) is 11.1. The summed E-state index contributed by atoms with van der Waals surface area (Å²) in [5, 5.41) is 11.1. The number of carbonyl (C=O) groups excluding carboxylic acids is 1. The third-order valence-corrected chi connectivity index (χ3v) is 2.90. The minimum atomic E-state index is -0.529. The Morgan fingerprint density at radius 3 is 2.84 bits per heavy atom. The van der Waals surface area contributed by atoms with E-state index < -0.39 is 10.9 Å². The highest BCUT2D eigenvalue weighted by Crippen LogP contribution is 2.24. The van der Waals surface area contributed by atoms with E-state index in [0.29, 0.717) is 16.6 Å². The van der Waals surface area contributed by atoms with E-state index in [2.05, 4.69) is 0 Å². The number of carbonyl (C=O) groups is 1. The number of rotatable bonds is 3. The standard InChI is InChI=1S/C13H12N2O4/c1-14-9(6-7-15(17)18)8-11-10(13(16)19-2)4-3-5-12(11)14/h3-8H,1-2H3/b7-6+. The van der Waals surface area contributed by atoms with Crippen LogP contribution in [-0.2, 0) is 11.8 Å². The number of aromatic nitrogens is 1. The first-order valence-corrected chi connectivity index (χ1v) is 5.53. The van der Waals surface area contributed by atoms with Crippen molar-refractivity contribution in [3.05, 3.63) is 51.8 Å². The van der Waals surface area contributed by atoms with Crippen LogP contribution in [-0.4, -0.2) is 22.6 Å². The number of aryl methyl sites for hydroxylation is 1. The van der Waals surface area contributed by atoms with Gasteiger partial charge in [0.05, 0.1) is 17.6 Å². The molecule has 1 heterocycles. The molecule has 98 valence electrons. The van der Waals surface area contributed by atoms with Crippen LogP contribution in [0.5, 0.6) is 0 Å². The highest BCUT2D eigenvalue weighted by molar-refractivity contribution is 6.04. The fourth-order valence-corrected chi connectivity index (χ4v) is 1.97. The molecule has 6 heteroatoms. The number of hydrogen-bond donors (Lipinski definition) is 0. The van der Waals surface area contributed by atoms with Crippen LogP contribution in [0.4, 0.5) is 0 Å². The molecule has 0 amide bonds. The van der Waals surface area contributed by atoms with Crippen LogP contribution < -0.4 is 0 Å². The van der Waals surface area contributed by atoms with E-state index in [4.69, 9.17) is 4.74 Å². The Hall–Kier alpha value is -2.63. The van der Waals surface area contributed by atoms with E-state index in [1.165, 1.54) is 13.2 Å². The number of nitro groups is 1. The number of esters is 1. The summed E-state index contributed by atoms with van der Waals surface area (Å²) in [6.07, 6.45) is 2.26. The molecule has 0 aliphatic rings. The average Bonchev–Trinajstić information content (AvgIpc) is 2.72. The lowest BCUT2D eigenvalue weighted by molar-refractivity contribution is -0.401. The lowest BCUT2D eigenvalue weighted by Crippen LogP contribution is -2.01. The maximum atomic E-state index is 11.7. The summed E-state index contributed by atoms with van der Waals surface area (Å²) in [5.41, 5.74) is 1.89. The number of benzene rings is 1. The van der Waals surface area contributed by atoms with E-state index in [1.54, 1.807) is 29.8 Å². The van der Waals surface area contributed by atoms with Gasteiger partial charge < -0.3 is 9.30 Å². The predicted molar refractivity (Wildman–Crippen MR) is 70.3 cm³/mol. The van der Waals surface area contributed by atoms with Gasteiger partial charge in [-0.05, 0) is 18.2 Å². The van der Waals surface area contributed by atoms with Crippen molar-refractivity contribution < 1.29 is 14.5 Å². The van der Waals surface area contributed by atoms with Crippen LogP contribution in [0.15, 0.2) is 30.5 Å². The molecule has 6 nitrogen and oxygen atoms in total. The zero-order valence-corrected chi connectivity index (χ0v) is 10.5. The highest BCUT2D eigenvalue weighted by Gasteiger charge is 2.13. The molecule has 1 aromatic carbocycles. The second-order valence-corrected chi connectivity index (χ2v) is 3.96. The van der Waals surface area contributed by atoms with Gasteiger partial charge in [-0.2, -0.15) is 0 Å².